The van der Waals surface area contributed by atoms with Crippen LogP contribution in [0.4, 0.5) is 0 Å². The van der Waals surface area contributed by atoms with E-state index < -0.39 is 0 Å². The highest BCUT2D eigenvalue weighted by molar-refractivity contribution is 4.81. The predicted molar refractivity (Wildman–Crippen MR) is 80.1 cm³/mol. The Morgan fingerprint density at radius 2 is 1.83 bits per heavy atom. The molecule has 1 aliphatic rings. The molecule has 1 atom stereocenters. The van der Waals surface area contributed by atoms with Gasteiger partial charge in [-0.15, -0.1) is 0 Å². The van der Waals surface area contributed by atoms with Gasteiger partial charge >= 0.3 is 0 Å². The number of nitrogens with one attached hydrogen (secondary N) is 1. The molecule has 0 bridgehead atoms. The molecule has 1 saturated heterocycles. The molecule has 3 nitrogen and oxygen atoms in total. The van der Waals surface area contributed by atoms with Crippen molar-refractivity contribution in [3.63, 3.8) is 0 Å². The zero-order valence-electron chi connectivity index (χ0n) is 13.1. The molecule has 1 N–H and O–H groups in total. The molecule has 1 fully saturated rings. The summed E-state index contributed by atoms with van der Waals surface area (Å²) >= 11 is 0. The van der Waals surface area contributed by atoms with Gasteiger partial charge in [-0.05, 0) is 58.9 Å². The molecule has 1 heterocycles. The summed E-state index contributed by atoms with van der Waals surface area (Å²) in [4.78, 5) is 5.03. The van der Waals surface area contributed by atoms with Gasteiger partial charge in [-0.3, -0.25) is 0 Å². The van der Waals surface area contributed by atoms with E-state index in [-0.39, 0.29) is 0 Å². The maximum absolute atomic E-state index is 3.70. The Hall–Kier alpha value is -0.120. The number of nitrogens with zero attached hydrogens (tertiary/aromatic N) is 2. The predicted octanol–water partition coefficient (Wildman–Crippen LogP) is 2.04. The van der Waals surface area contributed by atoms with Gasteiger partial charge in [-0.2, -0.15) is 0 Å². The number of piperidine rings is 1. The lowest BCUT2D eigenvalue weighted by Crippen LogP contribution is -2.49. The van der Waals surface area contributed by atoms with Crippen molar-refractivity contribution in [1.82, 2.24) is 15.1 Å². The highest BCUT2D eigenvalue weighted by Gasteiger charge is 2.23. The van der Waals surface area contributed by atoms with Gasteiger partial charge in [0.15, 0.2) is 0 Å². The van der Waals surface area contributed by atoms with Gasteiger partial charge in [0.1, 0.15) is 0 Å². The molecule has 0 aromatic carbocycles. The monoisotopic (exact) mass is 255 g/mol. The van der Waals surface area contributed by atoms with E-state index >= 15 is 0 Å². The third-order valence-corrected chi connectivity index (χ3v) is 4.20. The van der Waals surface area contributed by atoms with E-state index in [1.165, 1.54) is 38.9 Å². The molecule has 1 aliphatic heterocycles. The van der Waals surface area contributed by atoms with E-state index in [0.29, 0.717) is 6.04 Å². The Morgan fingerprint density at radius 1 is 1.22 bits per heavy atom. The molecular formula is C15H33N3. The summed E-state index contributed by atoms with van der Waals surface area (Å²) < 4.78 is 0. The minimum atomic E-state index is 0.654. The van der Waals surface area contributed by atoms with Crippen LogP contribution in [-0.4, -0.2) is 62.2 Å². The molecule has 108 valence electrons. The molecule has 0 aromatic rings. The topological polar surface area (TPSA) is 18.5 Å². The second-order valence-corrected chi connectivity index (χ2v) is 6.30. The Balaban J connectivity index is 2.32. The van der Waals surface area contributed by atoms with Crippen LogP contribution >= 0.6 is 0 Å². The smallest absolute Gasteiger partial charge is 0.0217 e. The molecule has 0 spiro atoms. The Labute approximate surface area is 114 Å². The molecule has 0 radical (unpaired) electrons. The van der Waals surface area contributed by atoms with Crippen LogP contribution in [0.5, 0.6) is 0 Å². The normalized spacial score (nSPS) is 20.8. The van der Waals surface area contributed by atoms with Crippen LogP contribution in [0.25, 0.3) is 0 Å². The Kier molecular flexibility index (Phi) is 7.20. The van der Waals surface area contributed by atoms with Gasteiger partial charge in [0.2, 0.25) is 0 Å². The molecule has 0 amide bonds. The lowest BCUT2D eigenvalue weighted by Gasteiger charge is -2.37. The van der Waals surface area contributed by atoms with Crippen molar-refractivity contribution >= 4 is 0 Å². The van der Waals surface area contributed by atoms with Crippen LogP contribution in [-0.2, 0) is 0 Å². The third-order valence-electron chi connectivity index (χ3n) is 4.20. The summed E-state index contributed by atoms with van der Waals surface area (Å²) in [6.07, 6.45) is 3.88. The first-order chi connectivity index (χ1) is 8.54. The molecule has 0 saturated carbocycles. The van der Waals surface area contributed by atoms with Gasteiger partial charge in [-0.1, -0.05) is 20.8 Å². The molecular weight excluding hydrogens is 222 g/mol. The summed E-state index contributed by atoms with van der Waals surface area (Å²) in [5, 5.41) is 3.70. The minimum Gasteiger partial charge on any atom is -0.312 e. The number of likely N-dealkylation sites (tertiary alicyclic amines) is 1. The quantitative estimate of drug-likeness (QED) is 0.751. The number of hydrogen-bond acceptors (Lipinski definition) is 3. The fourth-order valence-corrected chi connectivity index (χ4v) is 2.74. The maximum atomic E-state index is 3.70. The van der Waals surface area contributed by atoms with E-state index in [9.17, 15) is 0 Å². The second kappa shape index (κ2) is 8.13. The van der Waals surface area contributed by atoms with Gasteiger partial charge < -0.3 is 15.1 Å². The van der Waals surface area contributed by atoms with Gasteiger partial charge in [-0.25, -0.2) is 0 Å². The van der Waals surface area contributed by atoms with Crippen LogP contribution in [0, 0.1) is 5.92 Å². The lowest BCUT2D eigenvalue weighted by atomic mass is 10.00. The van der Waals surface area contributed by atoms with E-state index in [1.54, 1.807) is 0 Å². The van der Waals surface area contributed by atoms with Gasteiger partial charge in [0.25, 0.3) is 0 Å². The van der Waals surface area contributed by atoms with E-state index in [1.807, 2.05) is 0 Å². The maximum Gasteiger partial charge on any atom is 0.0217 e. The summed E-state index contributed by atoms with van der Waals surface area (Å²) in [5.41, 5.74) is 0. The number of hydrogen-bond donors (Lipinski definition) is 1. The van der Waals surface area contributed by atoms with Crippen molar-refractivity contribution in [2.75, 3.05) is 40.3 Å². The first kappa shape index (κ1) is 15.9. The van der Waals surface area contributed by atoms with Crippen molar-refractivity contribution in [3.8, 4) is 0 Å². The summed E-state index contributed by atoms with van der Waals surface area (Å²) in [6, 6.07) is 1.45. The van der Waals surface area contributed by atoms with Gasteiger partial charge in [0.05, 0.1) is 0 Å². The highest BCUT2D eigenvalue weighted by atomic mass is 15.2. The SMILES string of the molecule is CCCNC(CN1CCC(N(C)C)CC1)C(C)C. The van der Waals surface area contributed by atoms with Gasteiger partial charge in [0, 0.05) is 18.6 Å². The Morgan fingerprint density at radius 3 is 2.28 bits per heavy atom. The van der Waals surface area contributed by atoms with E-state index in [4.69, 9.17) is 0 Å². The third kappa shape index (κ3) is 5.25. The molecule has 18 heavy (non-hydrogen) atoms. The summed E-state index contributed by atoms with van der Waals surface area (Å²) in [7, 11) is 4.42. The minimum absolute atomic E-state index is 0.654. The molecule has 1 unspecified atom stereocenters. The first-order valence-electron chi connectivity index (χ1n) is 7.66. The summed E-state index contributed by atoms with van der Waals surface area (Å²) in [6.45, 7) is 11.8. The fourth-order valence-electron chi connectivity index (χ4n) is 2.74. The van der Waals surface area contributed by atoms with E-state index in [2.05, 4.69) is 50.0 Å². The van der Waals surface area contributed by atoms with Crippen LogP contribution in [0.1, 0.15) is 40.0 Å². The molecule has 1 rings (SSSR count). The zero-order chi connectivity index (χ0) is 13.5. The van der Waals surface area contributed by atoms with Crippen LogP contribution in [0.2, 0.25) is 0 Å². The van der Waals surface area contributed by atoms with Crippen LogP contribution in [0.15, 0.2) is 0 Å². The molecule has 0 aromatic heterocycles. The zero-order valence-corrected chi connectivity index (χ0v) is 13.1. The highest BCUT2D eigenvalue weighted by Crippen LogP contribution is 2.15. The van der Waals surface area contributed by atoms with Crippen LogP contribution in [0.3, 0.4) is 0 Å². The second-order valence-electron chi connectivity index (χ2n) is 6.30. The summed E-state index contributed by atoms with van der Waals surface area (Å²) in [5.74, 6) is 0.725. The Bertz CT molecular complexity index is 208. The largest absolute Gasteiger partial charge is 0.312 e. The van der Waals surface area contributed by atoms with E-state index in [0.717, 1.165) is 18.5 Å². The average molecular weight is 255 g/mol. The van der Waals surface area contributed by atoms with Crippen molar-refractivity contribution in [3.05, 3.63) is 0 Å². The van der Waals surface area contributed by atoms with Crippen molar-refractivity contribution in [1.29, 1.82) is 0 Å². The number of rotatable bonds is 7. The standard InChI is InChI=1S/C15H33N3/c1-6-9-16-15(13(2)3)12-18-10-7-14(8-11-18)17(4)5/h13-16H,6-12H2,1-5H3. The first-order valence-corrected chi connectivity index (χ1v) is 7.66. The van der Waals surface area contributed by atoms with Crippen LogP contribution < -0.4 is 5.32 Å². The molecule has 3 heteroatoms. The lowest BCUT2D eigenvalue weighted by molar-refractivity contribution is 0.128. The van der Waals surface area contributed by atoms with Crippen molar-refractivity contribution < 1.29 is 0 Å². The average Bonchev–Trinajstić information content (AvgIpc) is 2.34. The van der Waals surface area contributed by atoms with Crippen molar-refractivity contribution in [2.45, 2.75) is 52.1 Å². The molecule has 0 aliphatic carbocycles. The van der Waals surface area contributed by atoms with Crippen molar-refractivity contribution in [2.24, 2.45) is 5.92 Å². The fraction of sp³-hybridized carbons (Fsp3) is 1.00.